The van der Waals surface area contributed by atoms with Crippen LogP contribution in [0.25, 0.3) is 10.9 Å². The predicted octanol–water partition coefficient (Wildman–Crippen LogP) is 3.09. The van der Waals surface area contributed by atoms with Gasteiger partial charge in [-0.2, -0.15) is 5.10 Å². The van der Waals surface area contributed by atoms with Gasteiger partial charge in [0.15, 0.2) is 5.78 Å². The third kappa shape index (κ3) is 11.9. The number of aldehydes is 1. The Kier molecular flexibility index (Phi) is 16.0. The number of aromatic nitrogens is 3. The highest BCUT2D eigenvalue weighted by molar-refractivity contribution is 5.84. The third-order valence-electron chi connectivity index (χ3n) is 4.43. The van der Waals surface area contributed by atoms with E-state index in [0.717, 1.165) is 47.2 Å². The quantitative estimate of drug-likeness (QED) is 0.355. The fraction of sp³-hybridized carbons (Fsp3) is 0.400. The molecule has 0 radical (unpaired) electrons. The first kappa shape index (κ1) is 30.4. The fourth-order valence-corrected chi connectivity index (χ4v) is 3.10. The van der Waals surface area contributed by atoms with Gasteiger partial charge in [0, 0.05) is 24.5 Å². The first-order chi connectivity index (χ1) is 16.3. The molecule has 3 aromatic rings. The second-order valence-corrected chi connectivity index (χ2v) is 7.34. The molecule has 0 saturated heterocycles. The minimum Gasteiger partial charge on any atom is -0.373 e. The van der Waals surface area contributed by atoms with Crippen LogP contribution >= 0.6 is 0 Å². The van der Waals surface area contributed by atoms with Gasteiger partial charge >= 0.3 is 0 Å². The van der Waals surface area contributed by atoms with E-state index < -0.39 is 0 Å². The third-order valence-corrected chi connectivity index (χ3v) is 4.43. The van der Waals surface area contributed by atoms with Crippen LogP contribution in [0.1, 0.15) is 43.1 Å². The molecule has 9 heteroatoms. The largest absolute Gasteiger partial charge is 0.373 e. The number of pyridine rings is 1. The number of nitrogens with one attached hydrogen (secondary N) is 1. The van der Waals surface area contributed by atoms with Gasteiger partial charge in [0.1, 0.15) is 18.6 Å². The minimum absolute atomic E-state index is 0.219. The topological polar surface area (TPSA) is 146 Å². The highest BCUT2D eigenvalue weighted by Gasteiger charge is 2.09. The smallest absolute Gasteiger partial charge is 0.204 e. The lowest BCUT2D eigenvalue weighted by Gasteiger charge is -2.02. The lowest BCUT2D eigenvalue weighted by atomic mass is 10.1. The number of hydrogen-bond acceptors (Lipinski definition) is 7. The van der Waals surface area contributed by atoms with Crippen LogP contribution < -0.4 is 16.8 Å². The maximum absolute atomic E-state index is 11.8. The maximum atomic E-state index is 11.8. The van der Waals surface area contributed by atoms with Crippen LogP contribution in [0.4, 0.5) is 5.82 Å². The van der Waals surface area contributed by atoms with Crippen molar-refractivity contribution in [1.29, 1.82) is 0 Å². The molecule has 0 atom stereocenters. The van der Waals surface area contributed by atoms with Gasteiger partial charge in [-0.05, 0) is 70.8 Å². The maximum Gasteiger partial charge on any atom is 0.204 e. The molecule has 186 valence electrons. The zero-order valence-corrected chi connectivity index (χ0v) is 20.9. The first-order valence-corrected chi connectivity index (χ1v) is 11.1. The van der Waals surface area contributed by atoms with Gasteiger partial charge in [0.2, 0.25) is 6.41 Å². The minimum atomic E-state index is 0.219. The van der Waals surface area contributed by atoms with E-state index in [4.69, 9.17) is 15.3 Å². The van der Waals surface area contributed by atoms with Gasteiger partial charge in [0.25, 0.3) is 0 Å². The summed E-state index contributed by atoms with van der Waals surface area (Å²) in [5.74, 6) is 1.16. The molecule has 0 fully saturated rings. The number of rotatable bonds is 7. The molecule has 0 aliphatic carbocycles. The van der Waals surface area contributed by atoms with Gasteiger partial charge in [-0.1, -0.05) is 18.2 Å². The van der Waals surface area contributed by atoms with E-state index in [1.165, 1.54) is 12.5 Å². The Balaban J connectivity index is 0.000000572. The summed E-state index contributed by atoms with van der Waals surface area (Å²) in [7, 11) is 1.88. The molecule has 34 heavy (non-hydrogen) atoms. The monoisotopic (exact) mass is 470 g/mol. The first-order valence-electron chi connectivity index (χ1n) is 11.1. The average molecular weight is 471 g/mol. The van der Waals surface area contributed by atoms with Crippen LogP contribution in [-0.2, 0) is 20.9 Å². The van der Waals surface area contributed by atoms with Crippen molar-refractivity contribution >= 4 is 35.2 Å². The van der Waals surface area contributed by atoms with Crippen molar-refractivity contribution < 1.29 is 14.4 Å². The second-order valence-electron chi connectivity index (χ2n) is 7.34. The lowest BCUT2D eigenvalue weighted by Crippen LogP contribution is -2.11. The number of hydrogen-bond donors (Lipinski definition) is 3. The molecule has 2 aromatic heterocycles. The summed E-state index contributed by atoms with van der Waals surface area (Å²) in [4.78, 5) is 33.5. The zero-order chi connectivity index (χ0) is 25.9. The predicted molar refractivity (Wildman–Crippen MR) is 138 cm³/mol. The molecule has 0 spiro atoms. The number of amides is 1. The number of carbonyl (C=O) groups is 3. The van der Waals surface area contributed by atoms with Crippen molar-refractivity contribution in [2.24, 2.45) is 11.5 Å². The van der Waals surface area contributed by atoms with E-state index in [0.29, 0.717) is 19.5 Å². The van der Waals surface area contributed by atoms with Crippen molar-refractivity contribution in [2.75, 3.05) is 18.9 Å². The number of aryl methyl sites for hydroxylation is 3. The van der Waals surface area contributed by atoms with E-state index >= 15 is 0 Å². The van der Waals surface area contributed by atoms with Crippen molar-refractivity contribution in [2.45, 2.75) is 53.5 Å². The summed E-state index contributed by atoms with van der Waals surface area (Å²) in [6, 6.07) is 12.1. The Morgan fingerprint density at radius 1 is 1.12 bits per heavy atom. The fourth-order valence-electron chi connectivity index (χ4n) is 3.10. The average Bonchev–Trinajstić information content (AvgIpc) is 3.10. The standard InChI is InChI=1S/C14H19N3O.C8H12N2.C2H4O.CH3NO/c1-11-13-7-2-3-8-14(13)17(16-11)10-12(18)6-4-5-9-15;1-6-4-7(2)10-8(5-6)9-3;1-2-3;2-1-3/h2-3,7-8H,4-6,9-10,15H2,1H3;4-5H,1-3H3,(H,9,10);2H,1H3;1H,(H2,2,3). The van der Waals surface area contributed by atoms with Gasteiger partial charge < -0.3 is 21.6 Å². The lowest BCUT2D eigenvalue weighted by molar-refractivity contribution is -0.119. The highest BCUT2D eigenvalue weighted by Crippen LogP contribution is 2.17. The number of ketones is 1. The zero-order valence-electron chi connectivity index (χ0n) is 20.9. The Hall–Kier alpha value is -3.59. The normalized spacial score (nSPS) is 9.35. The molecule has 0 saturated carbocycles. The SMILES string of the molecule is CC=O.CNc1cc(C)cc(C)n1.Cc1nn(CC(=O)CCCCN)c2ccccc12.NC=O. The summed E-state index contributed by atoms with van der Waals surface area (Å²) in [5, 5.41) is 8.54. The van der Waals surface area contributed by atoms with Crippen LogP contribution in [0.15, 0.2) is 36.4 Å². The molecule has 0 bridgehead atoms. The number of nitrogens with zero attached hydrogens (tertiary/aromatic N) is 3. The van der Waals surface area contributed by atoms with Crippen molar-refractivity contribution in [3.8, 4) is 0 Å². The molecule has 5 N–H and O–H groups in total. The van der Waals surface area contributed by atoms with Gasteiger partial charge in [-0.3, -0.25) is 14.3 Å². The van der Waals surface area contributed by atoms with E-state index in [-0.39, 0.29) is 12.2 Å². The van der Waals surface area contributed by atoms with E-state index in [1.807, 2.05) is 51.2 Å². The Labute approximate surface area is 201 Å². The Bertz CT molecular complexity index is 991. The van der Waals surface area contributed by atoms with E-state index in [1.54, 1.807) is 4.68 Å². The summed E-state index contributed by atoms with van der Waals surface area (Å²) >= 11 is 0. The van der Waals surface area contributed by atoms with Crippen LogP contribution in [0, 0.1) is 20.8 Å². The number of benzene rings is 1. The summed E-state index contributed by atoms with van der Waals surface area (Å²) in [5.41, 5.74) is 13.9. The molecule has 1 amide bonds. The molecule has 1 aromatic carbocycles. The van der Waals surface area contributed by atoms with Crippen LogP contribution in [-0.4, -0.2) is 46.8 Å². The summed E-state index contributed by atoms with van der Waals surface area (Å²) in [6.07, 6.45) is 3.36. The summed E-state index contributed by atoms with van der Waals surface area (Å²) < 4.78 is 1.80. The Morgan fingerprint density at radius 2 is 1.74 bits per heavy atom. The molecule has 0 aliphatic heterocycles. The van der Waals surface area contributed by atoms with Crippen LogP contribution in [0.3, 0.4) is 0 Å². The van der Waals surface area contributed by atoms with Crippen molar-refractivity contribution in [1.82, 2.24) is 14.8 Å². The van der Waals surface area contributed by atoms with Crippen molar-refractivity contribution in [3.63, 3.8) is 0 Å². The number of anilines is 1. The Morgan fingerprint density at radius 3 is 2.29 bits per heavy atom. The number of Topliss-reactive ketones (excluding diaryl/α,β-unsaturated/α-hetero) is 1. The molecule has 3 rings (SSSR count). The van der Waals surface area contributed by atoms with Gasteiger partial charge in [-0.15, -0.1) is 0 Å². The number of para-hydroxylation sites is 1. The molecule has 9 nitrogen and oxygen atoms in total. The number of fused-ring (bicyclic) bond motifs is 1. The van der Waals surface area contributed by atoms with Gasteiger partial charge in [-0.25, -0.2) is 4.98 Å². The van der Waals surface area contributed by atoms with Gasteiger partial charge in [0.05, 0.1) is 11.2 Å². The highest BCUT2D eigenvalue weighted by atomic mass is 16.1. The van der Waals surface area contributed by atoms with Crippen molar-refractivity contribution in [3.05, 3.63) is 53.3 Å². The number of primary amides is 1. The van der Waals surface area contributed by atoms with Crippen LogP contribution in [0.5, 0.6) is 0 Å². The van der Waals surface area contributed by atoms with Crippen LogP contribution in [0.2, 0.25) is 0 Å². The molecule has 0 aliphatic rings. The molecule has 0 unspecified atom stereocenters. The molecule has 2 heterocycles. The molecular weight excluding hydrogens is 432 g/mol. The number of unbranched alkanes of at least 4 members (excludes halogenated alkanes) is 1. The molecular formula is C25H38N6O3. The van der Waals surface area contributed by atoms with E-state index in [2.05, 4.69) is 34.1 Å². The second kappa shape index (κ2) is 17.9. The van der Waals surface area contributed by atoms with E-state index in [9.17, 15) is 4.79 Å². The number of carbonyl (C=O) groups excluding carboxylic acids is 3. The summed E-state index contributed by atoms with van der Waals surface area (Å²) in [6.45, 7) is 8.48. The number of nitrogens with two attached hydrogens (primary N) is 2.